The highest BCUT2D eigenvalue weighted by molar-refractivity contribution is 5.87. The Kier molecular flexibility index (Phi) is 4.29. The van der Waals surface area contributed by atoms with Crippen LogP contribution in [0, 0.1) is 11.9 Å². The third kappa shape index (κ3) is 3.03. The number of carbonyl (C=O) groups is 1. The molecule has 4 rings (SSSR count). The van der Waals surface area contributed by atoms with Gasteiger partial charge in [0, 0.05) is 42.3 Å². The van der Waals surface area contributed by atoms with Crippen molar-refractivity contribution in [2.75, 3.05) is 7.05 Å². The topological polar surface area (TPSA) is 25.2 Å². The maximum atomic E-state index is 13.3. The zero-order valence-corrected chi connectivity index (χ0v) is 16.0. The number of hydrogen-bond donors (Lipinski definition) is 0. The fraction of sp³-hybridized carbons (Fsp3) is 0.348. The van der Waals surface area contributed by atoms with Gasteiger partial charge in [-0.05, 0) is 50.5 Å². The second kappa shape index (κ2) is 6.52. The molecule has 4 heteroatoms. The number of likely N-dealkylation sites (N-methyl/N-ethyl adjacent to an activating group) is 1. The quantitative estimate of drug-likeness (QED) is 0.680. The zero-order valence-electron chi connectivity index (χ0n) is 16.0. The first-order valence-electron chi connectivity index (χ1n) is 9.40. The minimum atomic E-state index is -0.701. The summed E-state index contributed by atoms with van der Waals surface area (Å²) in [6.45, 7) is 4.60. The fourth-order valence-corrected chi connectivity index (χ4v) is 4.11. The van der Waals surface area contributed by atoms with Gasteiger partial charge in [0.15, 0.2) is 0 Å². The second-order valence-electron chi connectivity index (χ2n) is 7.94. The summed E-state index contributed by atoms with van der Waals surface area (Å²) in [4.78, 5) is 15.2. The summed E-state index contributed by atoms with van der Waals surface area (Å²) in [5.41, 5.74) is 2.52. The van der Waals surface area contributed by atoms with E-state index in [1.807, 2.05) is 37.9 Å². The molecular formula is C23H24FN2O. The smallest absolute Gasteiger partial charge is 0.232 e. The van der Waals surface area contributed by atoms with E-state index in [1.54, 1.807) is 12.1 Å². The number of aryl methyl sites for hydroxylation is 1. The number of hydrogen-bond acceptors (Lipinski definition) is 1. The van der Waals surface area contributed by atoms with Crippen molar-refractivity contribution in [3.05, 3.63) is 71.7 Å². The minimum Gasteiger partial charge on any atom is -0.342 e. The first-order valence-corrected chi connectivity index (χ1v) is 9.40. The van der Waals surface area contributed by atoms with Crippen molar-refractivity contribution in [3.63, 3.8) is 0 Å². The van der Waals surface area contributed by atoms with Crippen molar-refractivity contribution in [2.45, 2.75) is 44.7 Å². The van der Waals surface area contributed by atoms with Gasteiger partial charge in [0.05, 0.1) is 5.41 Å². The molecule has 0 fully saturated rings. The fourth-order valence-electron chi connectivity index (χ4n) is 4.11. The average Bonchev–Trinajstić information content (AvgIpc) is 3.05. The Morgan fingerprint density at radius 3 is 2.63 bits per heavy atom. The lowest BCUT2D eigenvalue weighted by molar-refractivity contribution is -0.137. The van der Waals surface area contributed by atoms with E-state index >= 15 is 0 Å². The number of fused-ring (bicyclic) bond motifs is 3. The van der Waals surface area contributed by atoms with Gasteiger partial charge >= 0.3 is 0 Å². The maximum absolute atomic E-state index is 13.3. The predicted octanol–water partition coefficient (Wildman–Crippen LogP) is 4.33. The Morgan fingerprint density at radius 1 is 1.19 bits per heavy atom. The van der Waals surface area contributed by atoms with E-state index in [4.69, 9.17) is 0 Å². The molecule has 139 valence electrons. The normalized spacial score (nSPS) is 17.0. The molecule has 0 saturated heterocycles. The molecule has 0 N–H and O–H groups in total. The van der Waals surface area contributed by atoms with Gasteiger partial charge in [0.2, 0.25) is 5.91 Å². The van der Waals surface area contributed by atoms with E-state index in [0.29, 0.717) is 0 Å². The summed E-state index contributed by atoms with van der Waals surface area (Å²) < 4.78 is 15.6. The molecule has 0 spiro atoms. The van der Waals surface area contributed by atoms with Crippen LogP contribution in [0.4, 0.5) is 4.39 Å². The van der Waals surface area contributed by atoms with Crippen LogP contribution in [0.5, 0.6) is 0 Å². The van der Waals surface area contributed by atoms with E-state index in [1.165, 1.54) is 23.3 Å². The summed E-state index contributed by atoms with van der Waals surface area (Å²) in [6, 6.07) is 18.1. The third-order valence-corrected chi connectivity index (χ3v) is 5.88. The summed E-state index contributed by atoms with van der Waals surface area (Å²) in [5.74, 6) is -0.228. The van der Waals surface area contributed by atoms with Crippen molar-refractivity contribution in [2.24, 2.45) is 0 Å². The van der Waals surface area contributed by atoms with Crippen LogP contribution in [-0.4, -0.2) is 28.5 Å². The van der Waals surface area contributed by atoms with E-state index < -0.39 is 5.41 Å². The predicted molar refractivity (Wildman–Crippen MR) is 105 cm³/mol. The van der Waals surface area contributed by atoms with Crippen molar-refractivity contribution in [1.82, 2.24) is 9.47 Å². The summed E-state index contributed by atoms with van der Waals surface area (Å²) in [7, 11) is 1.89. The Bertz CT molecular complexity index is 987. The Morgan fingerprint density at radius 2 is 1.89 bits per heavy atom. The largest absolute Gasteiger partial charge is 0.342 e. The monoisotopic (exact) mass is 363 g/mol. The molecule has 1 radical (unpaired) electrons. The van der Waals surface area contributed by atoms with Gasteiger partial charge in [-0.25, -0.2) is 4.39 Å². The molecule has 2 heterocycles. The van der Waals surface area contributed by atoms with E-state index in [0.717, 1.165) is 30.3 Å². The lowest BCUT2D eigenvalue weighted by Gasteiger charge is -2.37. The van der Waals surface area contributed by atoms with Crippen LogP contribution in [0.1, 0.15) is 31.5 Å². The molecule has 1 atom stereocenters. The SMILES string of the molecule is CN(C(=O)C(C)(C)c1ccc(F)cc1)[C@@H]1CCc2[c]c3ccccc3n2C1. The van der Waals surface area contributed by atoms with Gasteiger partial charge in [-0.1, -0.05) is 30.3 Å². The summed E-state index contributed by atoms with van der Waals surface area (Å²) in [5, 5.41) is 1.13. The number of benzene rings is 2. The van der Waals surface area contributed by atoms with Crippen LogP contribution < -0.4 is 0 Å². The summed E-state index contributed by atoms with van der Waals surface area (Å²) >= 11 is 0. The highest BCUT2D eigenvalue weighted by Gasteiger charge is 2.36. The van der Waals surface area contributed by atoms with Crippen molar-refractivity contribution < 1.29 is 9.18 Å². The van der Waals surface area contributed by atoms with Crippen LogP contribution in [0.15, 0.2) is 48.5 Å². The number of nitrogens with zero attached hydrogens (tertiary/aromatic N) is 2. The zero-order chi connectivity index (χ0) is 19.2. The lowest BCUT2D eigenvalue weighted by atomic mass is 9.82. The van der Waals surface area contributed by atoms with Crippen molar-refractivity contribution >= 4 is 16.8 Å². The van der Waals surface area contributed by atoms with E-state index in [9.17, 15) is 9.18 Å². The average molecular weight is 363 g/mol. The van der Waals surface area contributed by atoms with E-state index in [2.05, 4.69) is 22.8 Å². The Labute approximate surface area is 159 Å². The molecule has 3 nitrogen and oxygen atoms in total. The van der Waals surface area contributed by atoms with Gasteiger partial charge < -0.3 is 9.47 Å². The van der Waals surface area contributed by atoms with Crippen molar-refractivity contribution in [1.29, 1.82) is 0 Å². The van der Waals surface area contributed by atoms with Gasteiger partial charge in [-0.3, -0.25) is 4.79 Å². The third-order valence-electron chi connectivity index (χ3n) is 5.88. The molecule has 1 aliphatic heterocycles. The van der Waals surface area contributed by atoms with Crippen LogP contribution >= 0.6 is 0 Å². The molecule has 2 aromatic carbocycles. The second-order valence-corrected chi connectivity index (χ2v) is 7.94. The standard InChI is InChI=1S/C23H24FN2O/c1-23(2,17-8-10-18(24)11-9-17)22(27)25(3)20-13-12-19-14-16-6-4-5-7-21(16)26(19)15-20/h4-11,20H,12-13,15H2,1-3H3/t20-/m1/s1. The first-order chi connectivity index (χ1) is 12.9. The lowest BCUT2D eigenvalue weighted by Crippen LogP contribution is -2.49. The Balaban J connectivity index is 1.58. The molecule has 0 saturated carbocycles. The number of aromatic nitrogens is 1. The molecule has 0 bridgehead atoms. The maximum Gasteiger partial charge on any atom is 0.232 e. The molecule has 3 aromatic rings. The molecule has 0 unspecified atom stereocenters. The van der Waals surface area contributed by atoms with Gasteiger partial charge in [0.25, 0.3) is 0 Å². The number of carbonyl (C=O) groups excluding carboxylic acids is 1. The van der Waals surface area contributed by atoms with Gasteiger partial charge in [-0.2, -0.15) is 0 Å². The van der Waals surface area contributed by atoms with E-state index in [-0.39, 0.29) is 17.8 Å². The first kappa shape index (κ1) is 17.8. The Hall–Kier alpha value is -2.62. The van der Waals surface area contributed by atoms with Crippen LogP contribution in [0.3, 0.4) is 0 Å². The van der Waals surface area contributed by atoms with Gasteiger partial charge in [0.1, 0.15) is 5.82 Å². The highest BCUT2D eigenvalue weighted by Crippen LogP contribution is 2.30. The number of para-hydroxylation sites is 1. The molecular weight excluding hydrogens is 339 g/mol. The number of rotatable bonds is 3. The molecule has 1 aliphatic rings. The van der Waals surface area contributed by atoms with Crippen LogP contribution in [-0.2, 0) is 23.2 Å². The number of halogens is 1. The number of amides is 1. The molecule has 0 aliphatic carbocycles. The minimum absolute atomic E-state index is 0.0583. The van der Waals surface area contributed by atoms with Crippen LogP contribution in [0.25, 0.3) is 10.9 Å². The molecule has 27 heavy (non-hydrogen) atoms. The van der Waals surface area contributed by atoms with Crippen LogP contribution in [0.2, 0.25) is 0 Å². The molecule has 1 amide bonds. The summed E-state index contributed by atoms with van der Waals surface area (Å²) in [6.07, 6.45) is 1.84. The molecule has 1 aromatic heterocycles. The highest BCUT2D eigenvalue weighted by atomic mass is 19.1. The van der Waals surface area contributed by atoms with Crippen molar-refractivity contribution in [3.8, 4) is 0 Å². The van der Waals surface area contributed by atoms with Gasteiger partial charge in [-0.15, -0.1) is 0 Å².